The van der Waals surface area contributed by atoms with Gasteiger partial charge in [0.25, 0.3) is 5.91 Å². The number of thiophene rings is 1. The van der Waals surface area contributed by atoms with Crippen LogP contribution in [0, 0.1) is 13.8 Å². The summed E-state index contributed by atoms with van der Waals surface area (Å²) >= 11 is 1.39. The van der Waals surface area contributed by atoms with Crippen molar-refractivity contribution in [3.63, 3.8) is 0 Å². The number of aromatic nitrogens is 2. The fourth-order valence-corrected chi connectivity index (χ4v) is 3.17. The third-order valence-corrected chi connectivity index (χ3v) is 4.62. The summed E-state index contributed by atoms with van der Waals surface area (Å²) in [6.45, 7) is 4.77. The largest absolute Gasteiger partial charge is 0.326 e. The van der Waals surface area contributed by atoms with E-state index in [2.05, 4.69) is 41.0 Å². The van der Waals surface area contributed by atoms with Gasteiger partial charge < -0.3 is 4.57 Å². The molecule has 6 heteroatoms. The van der Waals surface area contributed by atoms with Crippen LogP contribution in [0.25, 0.3) is 11.0 Å². The first kappa shape index (κ1) is 13.8. The Bertz CT molecular complexity index is 818. The number of nitrogens with one attached hydrogen (secondary N) is 1. The normalized spacial score (nSPS) is 11.0. The molecular formula is C15H16N4OS. The van der Waals surface area contributed by atoms with Gasteiger partial charge in [0.15, 0.2) is 0 Å². The summed E-state index contributed by atoms with van der Waals surface area (Å²) < 4.78 is 2.05. The first-order valence-corrected chi connectivity index (χ1v) is 7.47. The van der Waals surface area contributed by atoms with Gasteiger partial charge in [-0.05, 0) is 54.1 Å². The lowest BCUT2D eigenvalue weighted by Crippen LogP contribution is -2.30. The Morgan fingerprint density at radius 1 is 1.38 bits per heavy atom. The van der Waals surface area contributed by atoms with Gasteiger partial charge in [0.2, 0.25) is 0 Å². The van der Waals surface area contributed by atoms with Crippen LogP contribution in [0.5, 0.6) is 0 Å². The molecule has 3 aromatic rings. The molecule has 3 N–H and O–H groups in total. The zero-order chi connectivity index (χ0) is 15.0. The van der Waals surface area contributed by atoms with Crippen molar-refractivity contribution in [3.05, 3.63) is 51.5 Å². The molecule has 0 aliphatic carbocycles. The van der Waals surface area contributed by atoms with E-state index < -0.39 is 0 Å². The standard InChI is InChI=1S/C15H16N4OS/c1-9-5-12-13(6-10(9)2)19(8-17-12)7-11-3-4-21-14(11)15(20)18-16/h3-6,8H,7,16H2,1-2H3,(H,18,20). The average Bonchev–Trinajstić information content (AvgIpc) is 3.07. The molecule has 0 spiro atoms. The van der Waals surface area contributed by atoms with Crippen LogP contribution < -0.4 is 11.3 Å². The van der Waals surface area contributed by atoms with Crippen molar-refractivity contribution in [1.82, 2.24) is 15.0 Å². The number of fused-ring (bicyclic) bond motifs is 1. The highest BCUT2D eigenvalue weighted by atomic mass is 32.1. The van der Waals surface area contributed by atoms with E-state index in [0.29, 0.717) is 11.4 Å². The highest BCUT2D eigenvalue weighted by Gasteiger charge is 2.13. The molecule has 0 saturated heterocycles. The van der Waals surface area contributed by atoms with Crippen molar-refractivity contribution in [2.75, 3.05) is 0 Å². The Balaban J connectivity index is 2.01. The highest BCUT2D eigenvalue weighted by molar-refractivity contribution is 7.12. The lowest BCUT2D eigenvalue weighted by atomic mass is 10.1. The SMILES string of the molecule is Cc1cc2ncn(Cc3ccsc3C(=O)NN)c2cc1C. The number of amides is 1. The summed E-state index contributed by atoms with van der Waals surface area (Å²) in [5.74, 6) is 4.97. The Labute approximate surface area is 126 Å². The Morgan fingerprint density at radius 2 is 2.14 bits per heavy atom. The van der Waals surface area contributed by atoms with Gasteiger partial charge in [-0.2, -0.15) is 0 Å². The molecule has 1 amide bonds. The Kier molecular flexibility index (Phi) is 3.48. The first-order chi connectivity index (χ1) is 10.1. The maximum Gasteiger partial charge on any atom is 0.275 e. The van der Waals surface area contributed by atoms with E-state index in [-0.39, 0.29) is 5.91 Å². The van der Waals surface area contributed by atoms with E-state index >= 15 is 0 Å². The lowest BCUT2D eigenvalue weighted by molar-refractivity contribution is 0.0957. The van der Waals surface area contributed by atoms with Crippen LogP contribution in [0.1, 0.15) is 26.4 Å². The molecular weight excluding hydrogens is 284 g/mol. The van der Waals surface area contributed by atoms with Crippen LogP contribution >= 0.6 is 11.3 Å². The summed E-state index contributed by atoms with van der Waals surface area (Å²) in [5, 5.41) is 1.90. The van der Waals surface area contributed by atoms with Crippen molar-refractivity contribution in [1.29, 1.82) is 0 Å². The van der Waals surface area contributed by atoms with Gasteiger partial charge in [0.05, 0.1) is 28.8 Å². The predicted molar refractivity (Wildman–Crippen MR) is 84.3 cm³/mol. The number of nitrogen functional groups attached to an aromatic ring is 1. The third kappa shape index (κ3) is 2.43. The number of aryl methyl sites for hydroxylation is 2. The van der Waals surface area contributed by atoms with E-state index in [4.69, 9.17) is 5.84 Å². The van der Waals surface area contributed by atoms with Crippen LogP contribution in [-0.2, 0) is 6.54 Å². The molecule has 0 bridgehead atoms. The molecule has 0 atom stereocenters. The van der Waals surface area contributed by atoms with Crippen LogP contribution in [0.2, 0.25) is 0 Å². The van der Waals surface area contributed by atoms with Gasteiger partial charge in [0, 0.05) is 0 Å². The molecule has 0 fully saturated rings. The number of hydrogen-bond donors (Lipinski definition) is 2. The molecule has 0 unspecified atom stereocenters. The van der Waals surface area contributed by atoms with Gasteiger partial charge in [-0.15, -0.1) is 11.3 Å². The van der Waals surface area contributed by atoms with E-state index in [1.165, 1.54) is 22.5 Å². The smallest absolute Gasteiger partial charge is 0.275 e. The minimum Gasteiger partial charge on any atom is -0.326 e. The van der Waals surface area contributed by atoms with Crippen LogP contribution in [0.15, 0.2) is 29.9 Å². The maximum atomic E-state index is 11.7. The minimum atomic E-state index is -0.253. The van der Waals surface area contributed by atoms with E-state index in [0.717, 1.165) is 16.6 Å². The number of nitrogens with zero attached hydrogens (tertiary/aromatic N) is 2. The van der Waals surface area contributed by atoms with Crippen molar-refractivity contribution < 1.29 is 4.79 Å². The first-order valence-electron chi connectivity index (χ1n) is 6.59. The number of hydrogen-bond acceptors (Lipinski definition) is 4. The van der Waals surface area contributed by atoms with Gasteiger partial charge in [-0.3, -0.25) is 10.2 Å². The number of rotatable bonds is 3. The summed E-state index contributed by atoms with van der Waals surface area (Å²) in [4.78, 5) is 16.8. The fourth-order valence-electron chi connectivity index (χ4n) is 2.35. The molecule has 0 saturated carbocycles. The van der Waals surface area contributed by atoms with Gasteiger partial charge in [-0.1, -0.05) is 0 Å². The molecule has 0 aliphatic heterocycles. The van der Waals surface area contributed by atoms with Crippen LogP contribution in [0.3, 0.4) is 0 Å². The summed E-state index contributed by atoms with van der Waals surface area (Å²) in [5.41, 5.74) is 7.63. The summed E-state index contributed by atoms with van der Waals surface area (Å²) in [6, 6.07) is 6.16. The molecule has 1 aromatic carbocycles. The number of benzene rings is 1. The lowest BCUT2D eigenvalue weighted by Gasteiger charge is -2.07. The average molecular weight is 300 g/mol. The molecule has 5 nitrogen and oxygen atoms in total. The van der Waals surface area contributed by atoms with Crippen molar-refractivity contribution >= 4 is 28.3 Å². The zero-order valence-electron chi connectivity index (χ0n) is 11.9. The van der Waals surface area contributed by atoms with Crippen molar-refractivity contribution in [2.45, 2.75) is 20.4 Å². The molecule has 2 aromatic heterocycles. The maximum absolute atomic E-state index is 11.7. The monoisotopic (exact) mass is 300 g/mol. The van der Waals surface area contributed by atoms with Crippen LogP contribution in [0.4, 0.5) is 0 Å². The summed E-state index contributed by atoms with van der Waals surface area (Å²) in [6.07, 6.45) is 1.81. The zero-order valence-corrected chi connectivity index (χ0v) is 12.7. The molecule has 0 radical (unpaired) electrons. The van der Waals surface area contributed by atoms with E-state index in [9.17, 15) is 4.79 Å². The second-order valence-electron chi connectivity index (χ2n) is 5.05. The minimum absolute atomic E-state index is 0.253. The second-order valence-corrected chi connectivity index (χ2v) is 5.96. The predicted octanol–water partition coefficient (Wildman–Crippen LogP) is 2.37. The number of imidazole rings is 1. The van der Waals surface area contributed by atoms with E-state index in [1.54, 1.807) is 0 Å². The molecule has 2 heterocycles. The van der Waals surface area contributed by atoms with Gasteiger partial charge in [0.1, 0.15) is 0 Å². The Morgan fingerprint density at radius 3 is 2.90 bits per heavy atom. The number of carbonyl (C=O) groups excluding carboxylic acids is 1. The molecule has 21 heavy (non-hydrogen) atoms. The quantitative estimate of drug-likeness (QED) is 0.443. The Hall–Kier alpha value is -2.18. The number of carbonyl (C=O) groups is 1. The fraction of sp³-hybridized carbons (Fsp3) is 0.200. The third-order valence-electron chi connectivity index (χ3n) is 3.66. The van der Waals surface area contributed by atoms with Crippen molar-refractivity contribution in [3.8, 4) is 0 Å². The molecule has 0 aliphatic rings. The van der Waals surface area contributed by atoms with Crippen LogP contribution in [-0.4, -0.2) is 15.5 Å². The topological polar surface area (TPSA) is 72.9 Å². The molecule has 108 valence electrons. The highest BCUT2D eigenvalue weighted by Crippen LogP contribution is 2.22. The summed E-state index contributed by atoms with van der Waals surface area (Å²) in [7, 11) is 0. The van der Waals surface area contributed by atoms with Gasteiger partial charge >= 0.3 is 0 Å². The van der Waals surface area contributed by atoms with Gasteiger partial charge in [-0.25, -0.2) is 10.8 Å². The second kappa shape index (κ2) is 5.31. The number of hydrazine groups is 1. The van der Waals surface area contributed by atoms with E-state index in [1.807, 2.05) is 17.8 Å². The molecule has 3 rings (SSSR count). The number of nitrogens with two attached hydrogens (primary N) is 1. The van der Waals surface area contributed by atoms with Crippen molar-refractivity contribution in [2.24, 2.45) is 5.84 Å².